The van der Waals surface area contributed by atoms with Crippen LogP contribution in [0.2, 0.25) is 0 Å². The zero-order valence-electron chi connectivity index (χ0n) is 11.0. The van der Waals surface area contributed by atoms with Crippen LogP contribution in [0.4, 0.5) is 0 Å². The van der Waals surface area contributed by atoms with Crippen LogP contribution in [0.3, 0.4) is 0 Å². The molecule has 2 aliphatic carbocycles. The highest BCUT2D eigenvalue weighted by Crippen LogP contribution is 2.32. The molecule has 1 aromatic carbocycles. The zero-order chi connectivity index (χ0) is 12.6. The zero-order valence-corrected chi connectivity index (χ0v) is 11.0. The third-order valence-electron chi connectivity index (χ3n) is 4.66. The summed E-state index contributed by atoms with van der Waals surface area (Å²) < 4.78 is 0. The van der Waals surface area contributed by atoms with Crippen LogP contribution in [0.1, 0.15) is 48.8 Å². The van der Waals surface area contributed by atoms with Crippen molar-refractivity contribution in [2.75, 3.05) is 0 Å². The summed E-state index contributed by atoms with van der Waals surface area (Å²) in [4.78, 5) is 0. The fourth-order valence-electron chi connectivity index (χ4n) is 3.47. The van der Waals surface area contributed by atoms with Crippen molar-refractivity contribution in [2.24, 2.45) is 5.73 Å². The van der Waals surface area contributed by atoms with E-state index >= 15 is 0 Å². The minimum atomic E-state index is -0.511. The van der Waals surface area contributed by atoms with Crippen LogP contribution in [-0.4, -0.2) is 16.7 Å². The summed E-state index contributed by atoms with van der Waals surface area (Å²) in [5.41, 5.74) is 9.71. The molecule has 2 aliphatic rings. The lowest BCUT2D eigenvalue weighted by molar-refractivity contribution is 0.000206. The van der Waals surface area contributed by atoms with E-state index in [0.29, 0.717) is 6.04 Å². The molecule has 0 aliphatic heterocycles. The Labute approximate surface area is 109 Å². The van der Waals surface area contributed by atoms with E-state index in [1.165, 1.54) is 36.0 Å². The van der Waals surface area contributed by atoms with Crippen LogP contribution in [0.15, 0.2) is 18.2 Å². The molecule has 2 nitrogen and oxygen atoms in total. The van der Waals surface area contributed by atoms with Gasteiger partial charge < -0.3 is 10.8 Å². The van der Waals surface area contributed by atoms with E-state index in [1.807, 2.05) is 0 Å². The highest BCUT2D eigenvalue weighted by molar-refractivity contribution is 5.35. The summed E-state index contributed by atoms with van der Waals surface area (Å²) in [5, 5.41) is 10.6. The van der Waals surface area contributed by atoms with Crippen molar-refractivity contribution in [1.82, 2.24) is 0 Å². The number of nitrogens with two attached hydrogens (primary N) is 1. The molecule has 0 spiro atoms. The number of hydrogen-bond donors (Lipinski definition) is 2. The molecular weight excluding hydrogens is 222 g/mol. The average Bonchev–Trinajstić information content (AvgIpc) is 2.81. The normalized spacial score (nSPS) is 31.3. The smallest absolute Gasteiger partial charge is 0.0689 e. The summed E-state index contributed by atoms with van der Waals surface area (Å²) in [6, 6.07) is 7.08. The van der Waals surface area contributed by atoms with E-state index < -0.39 is 5.60 Å². The molecule has 18 heavy (non-hydrogen) atoms. The Morgan fingerprint density at radius 2 is 1.89 bits per heavy atom. The van der Waals surface area contributed by atoms with Gasteiger partial charge in [0.25, 0.3) is 0 Å². The molecule has 1 fully saturated rings. The van der Waals surface area contributed by atoms with Crippen molar-refractivity contribution in [3.8, 4) is 0 Å². The molecule has 0 unspecified atom stereocenters. The molecule has 0 amide bonds. The fourth-order valence-corrected chi connectivity index (χ4v) is 3.47. The van der Waals surface area contributed by atoms with Gasteiger partial charge in [-0.2, -0.15) is 0 Å². The van der Waals surface area contributed by atoms with Gasteiger partial charge in [0.15, 0.2) is 0 Å². The lowest BCUT2D eigenvalue weighted by Gasteiger charge is -2.35. The summed E-state index contributed by atoms with van der Waals surface area (Å²) >= 11 is 0. The molecule has 0 atom stereocenters. The molecule has 0 radical (unpaired) electrons. The summed E-state index contributed by atoms with van der Waals surface area (Å²) in [5.74, 6) is 0. The quantitative estimate of drug-likeness (QED) is 0.840. The minimum Gasteiger partial charge on any atom is -0.390 e. The van der Waals surface area contributed by atoms with E-state index in [-0.39, 0.29) is 0 Å². The van der Waals surface area contributed by atoms with Gasteiger partial charge in [0.2, 0.25) is 0 Å². The van der Waals surface area contributed by atoms with Crippen LogP contribution in [0.25, 0.3) is 0 Å². The molecular formula is C16H23NO. The third-order valence-corrected chi connectivity index (χ3v) is 4.66. The van der Waals surface area contributed by atoms with E-state index in [9.17, 15) is 5.11 Å². The number of benzene rings is 1. The SMILES string of the molecule is NC1CCC(O)(Cc2ccc3c(c2)CCC3)CC1. The largest absolute Gasteiger partial charge is 0.390 e. The molecule has 98 valence electrons. The summed E-state index contributed by atoms with van der Waals surface area (Å²) in [6.45, 7) is 0. The number of aliphatic hydroxyl groups is 1. The number of aryl methyl sites for hydroxylation is 2. The molecule has 0 heterocycles. The molecule has 0 bridgehead atoms. The predicted molar refractivity (Wildman–Crippen MR) is 73.6 cm³/mol. The minimum absolute atomic E-state index is 0.297. The van der Waals surface area contributed by atoms with Gasteiger partial charge in [-0.1, -0.05) is 18.2 Å². The number of hydrogen-bond acceptors (Lipinski definition) is 2. The second-order valence-electron chi connectivity index (χ2n) is 6.20. The lowest BCUT2D eigenvalue weighted by Crippen LogP contribution is -2.40. The van der Waals surface area contributed by atoms with Crippen LogP contribution in [-0.2, 0) is 19.3 Å². The van der Waals surface area contributed by atoms with Gasteiger partial charge in [-0.25, -0.2) is 0 Å². The molecule has 2 heteroatoms. The predicted octanol–water partition coefficient (Wildman–Crippen LogP) is 2.35. The van der Waals surface area contributed by atoms with E-state index in [4.69, 9.17) is 5.73 Å². The van der Waals surface area contributed by atoms with E-state index in [0.717, 1.165) is 32.1 Å². The Bertz CT molecular complexity index is 433. The van der Waals surface area contributed by atoms with Gasteiger partial charge in [-0.15, -0.1) is 0 Å². The van der Waals surface area contributed by atoms with Gasteiger partial charge in [0, 0.05) is 12.5 Å². The monoisotopic (exact) mass is 245 g/mol. The van der Waals surface area contributed by atoms with Gasteiger partial charge in [0.05, 0.1) is 5.60 Å². The summed E-state index contributed by atoms with van der Waals surface area (Å²) in [6.07, 6.45) is 8.16. The molecule has 3 rings (SSSR count). The molecule has 0 saturated heterocycles. The second-order valence-corrected chi connectivity index (χ2v) is 6.20. The lowest BCUT2D eigenvalue weighted by atomic mass is 9.78. The Morgan fingerprint density at radius 3 is 2.67 bits per heavy atom. The van der Waals surface area contributed by atoms with Crippen molar-refractivity contribution in [2.45, 2.75) is 63.0 Å². The Morgan fingerprint density at radius 1 is 1.17 bits per heavy atom. The first-order chi connectivity index (χ1) is 8.65. The first-order valence-corrected chi connectivity index (χ1v) is 7.23. The van der Waals surface area contributed by atoms with Crippen molar-refractivity contribution in [3.05, 3.63) is 34.9 Å². The number of fused-ring (bicyclic) bond motifs is 1. The van der Waals surface area contributed by atoms with Crippen LogP contribution < -0.4 is 5.73 Å². The molecule has 0 aromatic heterocycles. The second kappa shape index (κ2) is 4.67. The van der Waals surface area contributed by atoms with Crippen LogP contribution >= 0.6 is 0 Å². The van der Waals surface area contributed by atoms with Crippen LogP contribution in [0.5, 0.6) is 0 Å². The Hall–Kier alpha value is -0.860. The van der Waals surface area contributed by atoms with Gasteiger partial charge in [0.1, 0.15) is 0 Å². The Kier molecular flexibility index (Phi) is 3.16. The van der Waals surface area contributed by atoms with Crippen molar-refractivity contribution in [3.63, 3.8) is 0 Å². The maximum atomic E-state index is 10.6. The maximum Gasteiger partial charge on any atom is 0.0689 e. The van der Waals surface area contributed by atoms with Gasteiger partial charge in [-0.3, -0.25) is 0 Å². The van der Waals surface area contributed by atoms with Crippen LogP contribution in [0, 0.1) is 0 Å². The van der Waals surface area contributed by atoms with E-state index in [2.05, 4.69) is 18.2 Å². The highest BCUT2D eigenvalue weighted by Gasteiger charge is 2.32. The standard InChI is InChI=1S/C16H23NO/c17-15-6-8-16(18,9-7-15)11-12-4-5-13-2-1-3-14(13)10-12/h4-5,10,15,18H,1-3,6-9,11,17H2. The van der Waals surface area contributed by atoms with Gasteiger partial charge in [-0.05, 0) is 61.6 Å². The van der Waals surface area contributed by atoms with E-state index in [1.54, 1.807) is 0 Å². The molecule has 1 saturated carbocycles. The first kappa shape index (κ1) is 12.2. The average molecular weight is 245 g/mol. The van der Waals surface area contributed by atoms with Crippen molar-refractivity contribution >= 4 is 0 Å². The Balaban J connectivity index is 1.72. The van der Waals surface area contributed by atoms with Gasteiger partial charge >= 0.3 is 0 Å². The number of rotatable bonds is 2. The molecule has 1 aromatic rings. The topological polar surface area (TPSA) is 46.2 Å². The van der Waals surface area contributed by atoms with Crippen molar-refractivity contribution < 1.29 is 5.11 Å². The first-order valence-electron chi connectivity index (χ1n) is 7.23. The highest BCUT2D eigenvalue weighted by atomic mass is 16.3. The summed E-state index contributed by atoms with van der Waals surface area (Å²) in [7, 11) is 0. The molecule has 3 N–H and O–H groups in total. The fraction of sp³-hybridized carbons (Fsp3) is 0.625. The van der Waals surface area contributed by atoms with Crippen molar-refractivity contribution in [1.29, 1.82) is 0 Å². The maximum absolute atomic E-state index is 10.6. The third kappa shape index (κ3) is 2.45.